The SMILES string of the molecule is CCS(=O)(=O)N1CCC[C@H](C(=O)N(C)Cc2ccccc2OC)C1. The maximum absolute atomic E-state index is 12.7. The van der Waals surface area contributed by atoms with Crippen LogP contribution >= 0.6 is 0 Å². The molecule has 0 saturated carbocycles. The zero-order valence-corrected chi connectivity index (χ0v) is 15.4. The second kappa shape index (κ2) is 7.98. The molecule has 1 aliphatic rings. The molecule has 24 heavy (non-hydrogen) atoms. The summed E-state index contributed by atoms with van der Waals surface area (Å²) in [6.07, 6.45) is 1.45. The summed E-state index contributed by atoms with van der Waals surface area (Å²) in [6, 6.07) is 7.59. The Labute approximate surface area is 144 Å². The number of hydrogen-bond donors (Lipinski definition) is 0. The number of carbonyl (C=O) groups excluding carboxylic acids is 1. The van der Waals surface area contributed by atoms with Crippen molar-refractivity contribution in [2.75, 3.05) is 33.0 Å². The maximum atomic E-state index is 12.7. The number of sulfonamides is 1. The van der Waals surface area contributed by atoms with E-state index in [1.54, 1.807) is 26.0 Å². The monoisotopic (exact) mass is 354 g/mol. The summed E-state index contributed by atoms with van der Waals surface area (Å²) in [7, 11) is 0.118. The molecule has 1 aromatic rings. The number of amides is 1. The second-order valence-corrected chi connectivity index (χ2v) is 8.36. The Morgan fingerprint density at radius 3 is 2.75 bits per heavy atom. The minimum absolute atomic E-state index is 0.0168. The van der Waals surface area contributed by atoms with E-state index in [4.69, 9.17) is 4.74 Å². The molecular formula is C17H26N2O4S. The fourth-order valence-electron chi connectivity index (χ4n) is 3.06. The largest absolute Gasteiger partial charge is 0.496 e. The van der Waals surface area contributed by atoms with Crippen LogP contribution in [0.3, 0.4) is 0 Å². The summed E-state index contributed by atoms with van der Waals surface area (Å²) in [5.74, 6) is 0.526. The summed E-state index contributed by atoms with van der Waals surface area (Å²) < 4.78 is 30.9. The lowest BCUT2D eigenvalue weighted by Gasteiger charge is -2.33. The zero-order valence-electron chi connectivity index (χ0n) is 14.6. The molecule has 7 heteroatoms. The number of benzene rings is 1. The van der Waals surface area contributed by atoms with Gasteiger partial charge in [-0.15, -0.1) is 0 Å². The minimum Gasteiger partial charge on any atom is -0.496 e. The van der Waals surface area contributed by atoms with Crippen LogP contribution in [0.2, 0.25) is 0 Å². The van der Waals surface area contributed by atoms with Crippen LogP contribution in [0.5, 0.6) is 5.75 Å². The Kier molecular flexibility index (Phi) is 6.23. The number of piperidine rings is 1. The average molecular weight is 354 g/mol. The van der Waals surface area contributed by atoms with E-state index in [1.165, 1.54) is 4.31 Å². The van der Waals surface area contributed by atoms with Crippen LogP contribution in [0.1, 0.15) is 25.3 Å². The molecule has 0 N–H and O–H groups in total. The summed E-state index contributed by atoms with van der Waals surface area (Å²) >= 11 is 0. The molecule has 0 spiro atoms. The second-order valence-electron chi connectivity index (χ2n) is 6.10. The van der Waals surface area contributed by atoms with Crippen LogP contribution in [-0.2, 0) is 21.4 Å². The third kappa shape index (κ3) is 4.27. The Morgan fingerprint density at radius 1 is 1.38 bits per heavy atom. The molecule has 1 atom stereocenters. The van der Waals surface area contributed by atoms with Gasteiger partial charge in [0.1, 0.15) is 5.75 Å². The fraction of sp³-hybridized carbons (Fsp3) is 0.588. The quantitative estimate of drug-likeness (QED) is 0.780. The third-order valence-electron chi connectivity index (χ3n) is 4.47. The first kappa shape index (κ1) is 18.7. The van der Waals surface area contributed by atoms with Gasteiger partial charge in [-0.3, -0.25) is 4.79 Å². The average Bonchev–Trinajstić information content (AvgIpc) is 2.61. The van der Waals surface area contributed by atoms with Gasteiger partial charge in [0.05, 0.1) is 18.8 Å². The predicted molar refractivity (Wildman–Crippen MR) is 93.2 cm³/mol. The van der Waals surface area contributed by atoms with Crippen molar-refractivity contribution in [1.82, 2.24) is 9.21 Å². The Hall–Kier alpha value is -1.60. The van der Waals surface area contributed by atoms with Crippen LogP contribution in [-0.4, -0.2) is 56.5 Å². The van der Waals surface area contributed by atoms with Crippen molar-refractivity contribution in [3.05, 3.63) is 29.8 Å². The zero-order chi connectivity index (χ0) is 17.7. The molecule has 134 valence electrons. The van der Waals surface area contributed by atoms with E-state index >= 15 is 0 Å². The normalized spacial score (nSPS) is 19.0. The Bertz CT molecular complexity index is 675. The van der Waals surface area contributed by atoms with Gasteiger partial charge in [0, 0.05) is 32.2 Å². The highest BCUT2D eigenvalue weighted by Crippen LogP contribution is 2.23. The lowest BCUT2D eigenvalue weighted by molar-refractivity contribution is -0.135. The molecule has 0 unspecified atom stereocenters. The molecule has 0 aromatic heterocycles. The molecule has 1 aliphatic heterocycles. The van der Waals surface area contributed by atoms with Gasteiger partial charge in [-0.05, 0) is 25.8 Å². The van der Waals surface area contributed by atoms with Gasteiger partial charge in [-0.1, -0.05) is 18.2 Å². The van der Waals surface area contributed by atoms with E-state index in [0.29, 0.717) is 13.1 Å². The van der Waals surface area contributed by atoms with E-state index in [-0.39, 0.29) is 24.1 Å². The highest BCUT2D eigenvalue weighted by Gasteiger charge is 2.32. The van der Waals surface area contributed by atoms with Gasteiger partial charge in [0.25, 0.3) is 0 Å². The van der Waals surface area contributed by atoms with Crippen molar-refractivity contribution in [3.8, 4) is 5.75 Å². The first-order valence-corrected chi connectivity index (χ1v) is 9.84. The molecule has 1 heterocycles. The van der Waals surface area contributed by atoms with Crippen molar-refractivity contribution in [2.24, 2.45) is 5.92 Å². The maximum Gasteiger partial charge on any atom is 0.227 e. The smallest absolute Gasteiger partial charge is 0.227 e. The van der Waals surface area contributed by atoms with Crippen LogP contribution in [0.25, 0.3) is 0 Å². The van der Waals surface area contributed by atoms with Crippen molar-refractivity contribution in [2.45, 2.75) is 26.3 Å². The topological polar surface area (TPSA) is 66.9 Å². The summed E-state index contributed by atoms with van der Waals surface area (Å²) in [5, 5.41) is 0. The number of para-hydroxylation sites is 1. The summed E-state index contributed by atoms with van der Waals surface area (Å²) in [6.45, 7) is 2.87. The molecule has 0 radical (unpaired) electrons. The van der Waals surface area contributed by atoms with Crippen molar-refractivity contribution in [1.29, 1.82) is 0 Å². The summed E-state index contributed by atoms with van der Waals surface area (Å²) in [4.78, 5) is 14.4. The van der Waals surface area contributed by atoms with Gasteiger partial charge in [0.15, 0.2) is 0 Å². The standard InChI is InChI=1S/C17H26N2O4S/c1-4-24(21,22)19-11-7-9-15(13-19)17(20)18(2)12-14-8-5-6-10-16(14)23-3/h5-6,8,10,15H,4,7,9,11-13H2,1-3H3/t15-/m0/s1. The van der Waals surface area contributed by atoms with Crippen molar-refractivity contribution < 1.29 is 17.9 Å². The van der Waals surface area contributed by atoms with E-state index in [9.17, 15) is 13.2 Å². The summed E-state index contributed by atoms with van der Waals surface area (Å²) in [5.41, 5.74) is 0.935. The molecular weight excluding hydrogens is 328 g/mol. The van der Waals surface area contributed by atoms with Gasteiger partial charge in [-0.25, -0.2) is 12.7 Å². The number of ether oxygens (including phenoxy) is 1. The van der Waals surface area contributed by atoms with Crippen molar-refractivity contribution in [3.63, 3.8) is 0 Å². The highest BCUT2D eigenvalue weighted by molar-refractivity contribution is 7.89. The highest BCUT2D eigenvalue weighted by atomic mass is 32.2. The Morgan fingerprint density at radius 2 is 2.08 bits per heavy atom. The third-order valence-corrected chi connectivity index (χ3v) is 6.32. The first-order valence-electron chi connectivity index (χ1n) is 8.23. The predicted octanol–water partition coefficient (Wildman–Crippen LogP) is 1.72. The minimum atomic E-state index is -3.24. The van der Waals surface area contributed by atoms with E-state index in [1.807, 2.05) is 24.3 Å². The van der Waals surface area contributed by atoms with Crippen LogP contribution in [0.15, 0.2) is 24.3 Å². The number of methoxy groups -OCH3 is 1. The van der Waals surface area contributed by atoms with Gasteiger partial charge >= 0.3 is 0 Å². The lowest BCUT2D eigenvalue weighted by Crippen LogP contribution is -2.46. The fourth-order valence-corrected chi connectivity index (χ4v) is 4.24. The van der Waals surface area contributed by atoms with Crippen molar-refractivity contribution >= 4 is 15.9 Å². The molecule has 2 rings (SSSR count). The van der Waals surface area contributed by atoms with Gasteiger partial charge in [0.2, 0.25) is 15.9 Å². The number of carbonyl (C=O) groups is 1. The molecule has 1 fully saturated rings. The number of nitrogens with zero attached hydrogens (tertiary/aromatic N) is 2. The number of hydrogen-bond acceptors (Lipinski definition) is 4. The molecule has 0 bridgehead atoms. The molecule has 1 aromatic carbocycles. The van der Waals surface area contributed by atoms with E-state index in [0.717, 1.165) is 24.2 Å². The van der Waals surface area contributed by atoms with Crippen LogP contribution in [0.4, 0.5) is 0 Å². The Balaban J connectivity index is 2.05. The molecule has 1 saturated heterocycles. The van der Waals surface area contributed by atoms with E-state index < -0.39 is 10.0 Å². The molecule has 1 amide bonds. The van der Waals surface area contributed by atoms with E-state index in [2.05, 4.69) is 0 Å². The van der Waals surface area contributed by atoms with Gasteiger partial charge in [-0.2, -0.15) is 0 Å². The van der Waals surface area contributed by atoms with Crippen LogP contribution < -0.4 is 4.74 Å². The first-order chi connectivity index (χ1) is 11.4. The molecule has 0 aliphatic carbocycles. The number of rotatable bonds is 6. The van der Waals surface area contributed by atoms with Gasteiger partial charge < -0.3 is 9.64 Å². The lowest BCUT2D eigenvalue weighted by atomic mass is 9.98. The molecule has 6 nitrogen and oxygen atoms in total. The van der Waals surface area contributed by atoms with Crippen LogP contribution in [0, 0.1) is 5.92 Å².